The molecule has 7 nitrogen and oxygen atoms in total. The molecule has 0 spiro atoms. The number of rotatable bonds is 4. The van der Waals surface area contributed by atoms with Crippen LogP contribution in [0.3, 0.4) is 0 Å². The predicted octanol–water partition coefficient (Wildman–Crippen LogP) is 1.38. The Labute approximate surface area is 102 Å². The number of nitro groups is 1. The first-order valence-corrected chi connectivity index (χ1v) is 5.02. The van der Waals surface area contributed by atoms with Gasteiger partial charge in [-0.1, -0.05) is 6.92 Å². The Hall–Kier alpha value is -2.75. The minimum atomic E-state index is -0.935. The predicted molar refractivity (Wildman–Crippen MR) is 61.7 cm³/mol. The van der Waals surface area contributed by atoms with E-state index >= 15 is 0 Å². The van der Waals surface area contributed by atoms with Gasteiger partial charge in [-0.3, -0.25) is 19.7 Å². The molecule has 0 aliphatic heterocycles. The Morgan fingerprint density at radius 1 is 1.50 bits per heavy atom. The van der Waals surface area contributed by atoms with Crippen molar-refractivity contribution < 1.29 is 14.5 Å². The van der Waals surface area contributed by atoms with Crippen LogP contribution in [-0.2, 0) is 9.59 Å². The molecule has 0 heterocycles. The molecule has 0 bridgehead atoms. The molecule has 1 N–H and O–H groups in total. The first kappa shape index (κ1) is 13.3. The number of carbonyl (C=O) groups excluding carboxylic acids is 2. The summed E-state index contributed by atoms with van der Waals surface area (Å²) in [6.45, 7) is 1.50. The molecule has 0 aromatic heterocycles. The maximum absolute atomic E-state index is 11.4. The molecule has 92 valence electrons. The van der Waals surface area contributed by atoms with Gasteiger partial charge in [0.15, 0.2) is 0 Å². The molecule has 18 heavy (non-hydrogen) atoms. The highest BCUT2D eigenvalue weighted by Crippen LogP contribution is 2.25. The SMILES string of the molecule is CCC(=O)C(=O)Nc1cc(C#N)ccc1[N+](=O)[O-]. The van der Waals surface area contributed by atoms with E-state index in [9.17, 15) is 19.7 Å². The number of amides is 1. The fourth-order valence-corrected chi connectivity index (χ4v) is 1.22. The average Bonchev–Trinajstić information content (AvgIpc) is 2.37. The van der Waals surface area contributed by atoms with E-state index in [-0.39, 0.29) is 23.4 Å². The third-order valence-electron chi connectivity index (χ3n) is 2.14. The van der Waals surface area contributed by atoms with Crippen LogP contribution in [0.2, 0.25) is 0 Å². The van der Waals surface area contributed by atoms with E-state index in [2.05, 4.69) is 5.32 Å². The van der Waals surface area contributed by atoms with Crippen LogP contribution in [0, 0.1) is 21.4 Å². The molecular weight excluding hydrogens is 238 g/mol. The molecule has 1 rings (SSSR count). The van der Waals surface area contributed by atoms with Gasteiger partial charge in [-0.2, -0.15) is 5.26 Å². The lowest BCUT2D eigenvalue weighted by Crippen LogP contribution is -2.22. The van der Waals surface area contributed by atoms with Crippen LogP contribution in [0.4, 0.5) is 11.4 Å². The normalized spacial score (nSPS) is 9.33. The minimum Gasteiger partial charge on any atom is -0.314 e. The second-order valence-electron chi connectivity index (χ2n) is 3.33. The molecule has 0 aliphatic rings. The molecule has 0 saturated carbocycles. The van der Waals surface area contributed by atoms with Crippen molar-refractivity contribution in [1.82, 2.24) is 0 Å². The number of hydrogen-bond acceptors (Lipinski definition) is 5. The first-order chi connectivity index (χ1) is 8.49. The first-order valence-electron chi connectivity index (χ1n) is 5.02. The molecule has 0 atom stereocenters. The van der Waals surface area contributed by atoms with E-state index in [1.165, 1.54) is 13.0 Å². The van der Waals surface area contributed by atoms with Gasteiger partial charge in [0, 0.05) is 12.5 Å². The molecule has 0 radical (unpaired) electrons. The van der Waals surface area contributed by atoms with Crippen molar-refractivity contribution in [3.63, 3.8) is 0 Å². The molecule has 1 amide bonds. The largest absolute Gasteiger partial charge is 0.314 e. The summed E-state index contributed by atoms with van der Waals surface area (Å²) < 4.78 is 0. The summed E-state index contributed by atoms with van der Waals surface area (Å²) in [6.07, 6.45) is -0.00241. The number of Topliss-reactive ketones (excluding diaryl/α,β-unsaturated/α-hetero) is 1. The van der Waals surface area contributed by atoms with Gasteiger partial charge < -0.3 is 5.32 Å². The minimum absolute atomic E-state index is 0.00241. The second-order valence-corrected chi connectivity index (χ2v) is 3.33. The van der Waals surface area contributed by atoms with Crippen LogP contribution < -0.4 is 5.32 Å². The van der Waals surface area contributed by atoms with Crippen molar-refractivity contribution in [1.29, 1.82) is 5.26 Å². The van der Waals surface area contributed by atoms with Crippen LogP contribution in [0.5, 0.6) is 0 Å². The molecule has 1 aromatic carbocycles. The van der Waals surface area contributed by atoms with Crippen molar-refractivity contribution >= 4 is 23.1 Å². The molecule has 0 fully saturated rings. The number of carbonyl (C=O) groups is 2. The number of ketones is 1. The molecule has 0 unspecified atom stereocenters. The highest BCUT2D eigenvalue weighted by Gasteiger charge is 2.19. The third-order valence-corrected chi connectivity index (χ3v) is 2.14. The Morgan fingerprint density at radius 2 is 2.17 bits per heavy atom. The van der Waals surface area contributed by atoms with E-state index in [0.29, 0.717) is 0 Å². The molecule has 0 aliphatic carbocycles. The standard InChI is InChI=1S/C11H9N3O4/c1-2-10(15)11(16)13-8-5-7(6-12)3-4-9(8)14(17)18/h3-5H,2H2,1H3,(H,13,16). The quantitative estimate of drug-likeness (QED) is 0.490. The number of nitrogens with zero attached hydrogens (tertiary/aromatic N) is 2. The maximum Gasteiger partial charge on any atom is 0.292 e. The molecular formula is C11H9N3O4. The van der Waals surface area contributed by atoms with Gasteiger partial charge in [-0.05, 0) is 12.1 Å². The van der Waals surface area contributed by atoms with Gasteiger partial charge in [0.25, 0.3) is 11.6 Å². The summed E-state index contributed by atoms with van der Waals surface area (Å²) in [5.74, 6) is -1.62. The van der Waals surface area contributed by atoms with Crippen LogP contribution in [0.25, 0.3) is 0 Å². The molecule has 0 saturated heterocycles. The summed E-state index contributed by atoms with van der Waals surface area (Å²) in [6, 6.07) is 5.30. The fourth-order valence-electron chi connectivity index (χ4n) is 1.22. The van der Waals surface area contributed by atoms with Gasteiger partial charge in [-0.25, -0.2) is 0 Å². The van der Waals surface area contributed by atoms with E-state index in [1.54, 1.807) is 6.07 Å². The Morgan fingerprint density at radius 3 is 2.67 bits per heavy atom. The van der Waals surface area contributed by atoms with Crippen molar-refractivity contribution in [3.8, 4) is 6.07 Å². The van der Waals surface area contributed by atoms with Crippen LogP contribution in [-0.4, -0.2) is 16.6 Å². The summed E-state index contributed by atoms with van der Waals surface area (Å²) in [4.78, 5) is 32.5. The van der Waals surface area contributed by atoms with Gasteiger partial charge in [0.05, 0.1) is 16.6 Å². The summed E-state index contributed by atoms with van der Waals surface area (Å²) >= 11 is 0. The third kappa shape index (κ3) is 2.89. The van der Waals surface area contributed by atoms with E-state index in [0.717, 1.165) is 12.1 Å². The van der Waals surface area contributed by atoms with Crippen molar-refractivity contribution in [2.24, 2.45) is 0 Å². The van der Waals surface area contributed by atoms with Gasteiger partial charge >= 0.3 is 0 Å². The summed E-state index contributed by atoms with van der Waals surface area (Å²) in [7, 11) is 0. The van der Waals surface area contributed by atoms with Crippen LogP contribution >= 0.6 is 0 Å². The summed E-state index contributed by atoms with van der Waals surface area (Å²) in [5.41, 5.74) is -0.378. The Balaban J connectivity index is 3.13. The lowest BCUT2D eigenvalue weighted by molar-refractivity contribution is -0.383. The Kier molecular flexibility index (Phi) is 4.10. The van der Waals surface area contributed by atoms with E-state index in [4.69, 9.17) is 5.26 Å². The van der Waals surface area contributed by atoms with Crippen molar-refractivity contribution in [2.45, 2.75) is 13.3 Å². The topological polar surface area (TPSA) is 113 Å². The maximum atomic E-state index is 11.4. The Bertz CT molecular complexity index is 560. The second kappa shape index (κ2) is 5.54. The molecule has 7 heteroatoms. The van der Waals surface area contributed by atoms with Crippen molar-refractivity contribution in [3.05, 3.63) is 33.9 Å². The van der Waals surface area contributed by atoms with Gasteiger partial charge in [0.2, 0.25) is 5.78 Å². The van der Waals surface area contributed by atoms with E-state index in [1.807, 2.05) is 0 Å². The number of anilines is 1. The zero-order valence-corrected chi connectivity index (χ0v) is 9.47. The van der Waals surface area contributed by atoms with Crippen LogP contribution in [0.1, 0.15) is 18.9 Å². The smallest absolute Gasteiger partial charge is 0.292 e. The number of nitro benzene ring substituents is 1. The lowest BCUT2D eigenvalue weighted by atomic mass is 10.2. The van der Waals surface area contributed by atoms with Crippen molar-refractivity contribution in [2.75, 3.05) is 5.32 Å². The number of nitrogens with one attached hydrogen (secondary N) is 1. The zero-order valence-electron chi connectivity index (χ0n) is 9.47. The number of nitriles is 1. The number of benzene rings is 1. The fraction of sp³-hybridized carbons (Fsp3) is 0.182. The highest BCUT2D eigenvalue weighted by molar-refractivity contribution is 6.40. The lowest BCUT2D eigenvalue weighted by Gasteiger charge is -2.04. The average molecular weight is 247 g/mol. The van der Waals surface area contributed by atoms with Gasteiger partial charge in [0.1, 0.15) is 5.69 Å². The monoisotopic (exact) mass is 247 g/mol. The molecule has 1 aromatic rings. The van der Waals surface area contributed by atoms with Crippen LogP contribution in [0.15, 0.2) is 18.2 Å². The highest BCUT2D eigenvalue weighted by atomic mass is 16.6. The number of hydrogen-bond donors (Lipinski definition) is 1. The van der Waals surface area contributed by atoms with Gasteiger partial charge in [-0.15, -0.1) is 0 Å². The summed E-state index contributed by atoms with van der Waals surface area (Å²) in [5, 5.41) is 21.5. The zero-order chi connectivity index (χ0) is 13.7. The van der Waals surface area contributed by atoms with E-state index < -0.39 is 16.6 Å².